The summed E-state index contributed by atoms with van der Waals surface area (Å²) >= 11 is 0. The van der Waals surface area contributed by atoms with E-state index >= 15 is 0 Å². The second-order valence-corrected chi connectivity index (χ2v) is 4.80. The van der Waals surface area contributed by atoms with E-state index < -0.39 is 0 Å². The molecule has 1 rings (SSSR count). The van der Waals surface area contributed by atoms with E-state index in [-0.39, 0.29) is 5.91 Å². The Bertz CT molecular complexity index is 218. The van der Waals surface area contributed by atoms with Crippen molar-refractivity contribution in [2.24, 2.45) is 0 Å². The molecule has 0 radical (unpaired) electrons. The Labute approximate surface area is 99.0 Å². The Morgan fingerprint density at radius 2 is 2.19 bits per heavy atom. The summed E-state index contributed by atoms with van der Waals surface area (Å²) in [6.07, 6.45) is 4.93. The smallest absolute Gasteiger partial charge is 0.236 e. The predicted octanol–water partition coefficient (Wildman–Crippen LogP) is 0.539. The number of likely N-dealkylation sites (tertiary alicyclic amines) is 1. The van der Waals surface area contributed by atoms with Gasteiger partial charge in [0.2, 0.25) is 5.91 Å². The first-order chi connectivity index (χ1) is 7.65. The number of carbonyl (C=O) groups excluding carboxylic acids is 1. The molecule has 0 aromatic carbocycles. The van der Waals surface area contributed by atoms with Gasteiger partial charge >= 0.3 is 0 Å². The summed E-state index contributed by atoms with van der Waals surface area (Å²) in [5.74, 6) is 0.219. The predicted molar refractivity (Wildman–Crippen MR) is 66.4 cm³/mol. The van der Waals surface area contributed by atoms with Gasteiger partial charge in [0.05, 0.1) is 6.54 Å². The number of hydrogen-bond donors (Lipinski definition) is 1. The number of amides is 1. The van der Waals surface area contributed by atoms with Crippen LogP contribution >= 0.6 is 0 Å². The molecule has 1 atom stereocenters. The molecule has 1 aliphatic heterocycles. The number of rotatable bonds is 5. The van der Waals surface area contributed by atoms with Crippen molar-refractivity contribution in [1.29, 1.82) is 0 Å². The molecule has 0 bridgehead atoms. The van der Waals surface area contributed by atoms with E-state index in [1.165, 1.54) is 19.3 Å². The van der Waals surface area contributed by atoms with Crippen LogP contribution in [0, 0.1) is 0 Å². The summed E-state index contributed by atoms with van der Waals surface area (Å²) in [5, 5.41) is 3.19. The molecule has 0 aliphatic carbocycles. The normalized spacial score (nSPS) is 22.1. The third-order valence-electron chi connectivity index (χ3n) is 3.31. The maximum Gasteiger partial charge on any atom is 0.236 e. The summed E-state index contributed by atoms with van der Waals surface area (Å²) in [5.41, 5.74) is 0. The van der Waals surface area contributed by atoms with E-state index in [1.807, 2.05) is 21.1 Å². The Morgan fingerprint density at radius 3 is 2.81 bits per heavy atom. The Kier molecular flexibility index (Phi) is 5.77. The molecular weight excluding hydrogens is 202 g/mol. The minimum atomic E-state index is 0.219. The van der Waals surface area contributed by atoms with Crippen LogP contribution in [0.5, 0.6) is 0 Å². The summed E-state index contributed by atoms with van der Waals surface area (Å²) in [7, 11) is 5.64. The Balaban J connectivity index is 2.43. The fourth-order valence-electron chi connectivity index (χ4n) is 2.22. The largest absolute Gasteiger partial charge is 0.348 e. The fraction of sp³-hybridized carbons (Fsp3) is 0.917. The summed E-state index contributed by atoms with van der Waals surface area (Å²) in [6.45, 7) is 2.70. The van der Waals surface area contributed by atoms with Crippen molar-refractivity contribution in [3.8, 4) is 0 Å². The molecule has 0 aromatic rings. The van der Waals surface area contributed by atoms with Gasteiger partial charge in [0.25, 0.3) is 0 Å². The lowest BCUT2D eigenvalue weighted by Crippen LogP contribution is -2.46. The maximum absolute atomic E-state index is 11.7. The van der Waals surface area contributed by atoms with E-state index in [0.29, 0.717) is 12.6 Å². The van der Waals surface area contributed by atoms with Gasteiger partial charge in [0, 0.05) is 20.1 Å². The molecule has 1 saturated heterocycles. The summed E-state index contributed by atoms with van der Waals surface area (Å²) < 4.78 is 0. The van der Waals surface area contributed by atoms with Crippen molar-refractivity contribution in [3.63, 3.8) is 0 Å². The second-order valence-electron chi connectivity index (χ2n) is 4.80. The van der Waals surface area contributed by atoms with Gasteiger partial charge in [-0.2, -0.15) is 0 Å². The van der Waals surface area contributed by atoms with Crippen molar-refractivity contribution < 1.29 is 4.79 Å². The van der Waals surface area contributed by atoms with Crippen LogP contribution in [0.3, 0.4) is 0 Å². The zero-order valence-electron chi connectivity index (χ0n) is 10.8. The van der Waals surface area contributed by atoms with Gasteiger partial charge < -0.3 is 10.2 Å². The summed E-state index contributed by atoms with van der Waals surface area (Å²) in [6, 6.07) is 0.588. The molecular formula is C12H25N3O. The van der Waals surface area contributed by atoms with E-state index in [9.17, 15) is 4.79 Å². The van der Waals surface area contributed by atoms with Gasteiger partial charge in [0.15, 0.2) is 0 Å². The third kappa shape index (κ3) is 4.10. The molecule has 1 N–H and O–H groups in total. The first-order valence-electron chi connectivity index (χ1n) is 6.24. The topological polar surface area (TPSA) is 35.6 Å². The number of piperidine rings is 1. The van der Waals surface area contributed by atoms with E-state index in [1.54, 1.807) is 4.90 Å². The monoisotopic (exact) mass is 227 g/mol. The van der Waals surface area contributed by atoms with Crippen LogP contribution < -0.4 is 5.32 Å². The molecule has 4 heteroatoms. The molecule has 0 spiro atoms. The zero-order valence-corrected chi connectivity index (χ0v) is 10.8. The highest BCUT2D eigenvalue weighted by atomic mass is 16.2. The lowest BCUT2D eigenvalue weighted by Gasteiger charge is -2.35. The molecule has 16 heavy (non-hydrogen) atoms. The highest BCUT2D eigenvalue weighted by Gasteiger charge is 2.23. The number of nitrogens with one attached hydrogen (secondary N) is 1. The fourth-order valence-corrected chi connectivity index (χ4v) is 2.22. The van der Waals surface area contributed by atoms with E-state index in [0.717, 1.165) is 19.5 Å². The first kappa shape index (κ1) is 13.5. The van der Waals surface area contributed by atoms with Crippen LogP contribution in [0.25, 0.3) is 0 Å². The van der Waals surface area contributed by atoms with Crippen molar-refractivity contribution in [2.45, 2.75) is 31.7 Å². The van der Waals surface area contributed by atoms with Crippen molar-refractivity contribution in [3.05, 3.63) is 0 Å². The van der Waals surface area contributed by atoms with Gasteiger partial charge in [-0.1, -0.05) is 6.42 Å². The molecule has 0 aromatic heterocycles. The minimum absolute atomic E-state index is 0.219. The average molecular weight is 227 g/mol. The number of carbonyl (C=O) groups is 1. The molecule has 1 aliphatic rings. The molecule has 1 heterocycles. The molecule has 1 fully saturated rings. The highest BCUT2D eigenvalue weighted by Crippen LogP contribution is 2.19. The third-order valence-corrected chi connectivity index (χ3v) is 3.31. The average Bonchev–Trinajstić information content (AvgIpc) is 2.27. The molecule has 1 unspecified atom stereocenters. The van der Waals surface area contributed by atoms with Gasteiger partial charge in [-0.15, -0.1) is 0 Å². The van der Waals surface area contributed by atoms with Crippen LogP contribution in [-0.4, -0.2) is 62.5 Å². The number of likely N-dealkylation sites (N-methyl/N-ethyl adjacent to an activating group) is 1. The second kappa shape index (κ2) is 6.86. The molecule has 4 nitrogen and oxygen atoms in total. The number of hydrogen-bond acceptors (Lipinski definition) is 3. The van der Waals surface area contributed by atoms with Gasteiger partial charge in [-0.3, -0.25) is 9.69 Å². The summed E-state index contributed by atoms with van der Waals surface area (Å²) in [4.78, 5) is 15.7. The standard InChI is InChI=1S/C12H25N3O/c1-13-8-7-11-6-4-5-9-15(11)10-12(16)14(2)3/h11,13H,4-10H2,1-3H3. The van der Waals surface area contributed by atoms with Crippen molar-refractivity contribution in [2.75, 3.05) is 40.8 Å². The molecule has 94 valence electrons. The lowest BCUT2D eigenvalue weighted by atomic mass is 9.99. The highest BCUT2D eigenvalue weighted by molar-refractivity contribution is 5.77. The van der Waals surface area contributed by atoms with Crippen LogP contribution in [-0.2, 0) is 4.79 Å². The zero-order chi connectivity index (χ0) is 12.0. The maximum atomic E-state index is 11.7. The van der Waals surface area contributed by atoms with Crippen LogP contribution in [0.1, 0.15) is 25.7 Å². The van der Waals surface area contributed by atoms with Gasteiger partial charge in [-0.05, 0) is 39.4 Å². The van der Waals surface area contributed by atoms with Crippen molar-refractivity contribution >= 4 is 5.91 Å². The number of nitrogens with zero attached hydrogens (tertiary/aromatic N) is 2. The van der Waals surface area contributed by atoms with Crippen LogP contribution in [0.2, 0.25) is 0 Å². The minimum Gasteiger partial charge on any atom is -0.348 e. The SMILES string of the molecule is CNCCC1CCCCN1CC(=O)N(C)C. The van der Waals surface area contributed by atoms with E-state index in [2.05, 4.69) is 10.2 Å². The van der Waals surface area contributed by atoms with Crippen molar-refractivity contribution in [1.82, 2.24) is 15.1 Å². The Morgan fingerprint density at radius 1 is 1.44 bits per heavy atom. The lowest BCUT2D eigenvalue weighted by molar-refractivity contribution is -0.130. The molecule has 1 amide bonds. The van der Waals surface area contributed by atoms with Gasteiger partial charge in [-0.25, -0.2) is 0 Å². The van der Waals surface area contributed by atoms with Crippen LogP contribution in [0.15, 0.2) is 0 Å². The van der Waals surface area contributed by atoms with Gasteiger partial charge in [0.1, 0.15) is 0 Å². The van der Waals surface area contributed by atoms with Crippen LogP contribution in [0.4, 0.5) is 0 Å². The van der Waals surface area contributed by atoms with E-state index in [4.69, 9.17) is 0 Å². The quantitative estimate of drug-likeness (QED) is 0.744. The molecule has 0 saturated carbocycles. The first-order valence-corrected chi connectivity index (χ1v) is 6.24. The Hall–Kier alpha value is -0.610.